The van der Waals surface area contributed by atoms with Crippen molar-refractivity contribution in [3.63, 3.8) is 0 Å². The number of rotatable bonds is 3. The minimum Gasteiger partial charge on any atom is -0.345 e. The third-order valence-electron chi connectivity index (χ3n) is 3.91. The molecule has 2 aliphatic carbocycles. The first-order chi connectivity index (χ1) is 7.16. The smallest absolute Gasteiger partial charge is 0.225 e. The molecule has 0 spiro atoms. The predicted octanol–water partition coefficient (Wildman–Crippen LogP) is 1.37. The molecule has 2 fully saturated rings. The fourth-order valence-electron chi connectivity index (χ4n) is 2.85. The third kappa shape index (κ3) is 2.51. The fraction of sp³-hybridized carbons (Fsp3) is 0.917. The predicted molar refractivity (Wildman–Crippen MR) is 60.3 cm³/mol. The second kappa shape index (κ2) is 4.52. The zero-order chi connectivity index (χ0) is 10.8. The van der Waals surface area contributed by atoms with Gasteiger partial charge in [-0.05, 0) is 31.6 Å². The third-order valence-corrected chi connectivity index (χ3v) is 3.91. The van der Waals surface area contributed by atoms with Crippen LogP contribution in [0.25, 0.3) is 0 Å². The minimum atomic E-state index is 0.228. The van der Waals surface area contributed by atoms with Crippen LogP contribution in [-0.4, -0.2) is 30.4 Å². The summed E-state index contributed by atoms with van der Waals surface area (Å²) in [6.07, 6.45) is 7.10. The molecule has 0 radical (unpaired) electrons. The van der Waals surface area contributed by atoms with E-state index in [4.69, 9.17) is 5.73 Å². The quantitative estimate of drug-likeness (QED) is 0.764. The van der Waals surface area contributed by atoms with E-state index in [0.29, 0.717) is 5.91 Å². The monoisotopic (exact) mass is 210 g/mol. The molecule has 0 bridgehead atoms. The van der Waals surface area contributed by atoms with Gasteiger partial charge in [-0.2, -0.15) is 0 Å². The Morgan fingerprint density at radius 1 is 1.33 bits per heavy atom. The Morgan fingerprint density at radius 2 is 1.93 bits per heavy atom. The van der Waals surface area contributed by atoms with Crippen LogP contribution in [0.2, 0.25) is 0 Å². The van der Waals surface area contributed by atoms with Crippen LogP contribution in [0.4, 0.5) is 0 Å². The number of amides is 1. The molecule has 2 saturated carbocycles. The first kappa shape index (κ1) is 10.9. The average Bonchev–Trinajstić information content (AvgIpc) is 2.64. The lowest BCUT2D eigenvalue weighted by molar-refractivity contribution is -0.137. The number of carbonyl (C=O) groups is 1. The van der Waals surface area contributed by atoms with E-state index in [9.17, 15) is 4.79 Å². The van der Waals surface area contributed by atoms with E-state index in [1.165, 1.54) is 25.7 Å². The topological polar surface area (TPSA) is 46.3 Å². The van der Waals surface area contributed by atoms with Gasteiger partial charge in [-0.25, -0.2) is 0 Å². The molecule has 0 aromatic carbocycles. The van der Waals surface area contributed by atoms with E-state index in [0.717, 1.165) is 25.3 Å². The molecule has 2 N–H and O–H groups in total. The first-order valence-corrected chi connectivity index (χ1v) is 6.17. The molecule has 0 saturated heterocycles. The molecule has 0 aliphatic heterocycles. The highest BCUT2D eigenvalue weighted by molar-refractivity contribution is 5.79. The second-order valence-corrected chi connectivity index (χ2v) is 5.30. The fourth-order valence-corrected chi connectivity index (χ4v) is 2.85. The highest BCUT2D eigenvalue weighted by Gasteiger charge is 2.34. The Bertz CT molecular complexity index is 230. The van der Waals surface area contributed by atoms with Gasteiger partial charge in [0.2, 0.25) is 5.91 Å². The van der Waals surface area contributed by atoms with Gasteiger partial charge in [0.25, 0.3) is 0 Å². The Hall–Kier alpha value is -0.570. The molecule has 2 aliphatic rings. The van der Waals surface area contributed by atoms with Gasteiger partial charge in [0.1, 0.15) is 0 Å². The molecule has 2 rings (SSSR count). The van der Waals surface area contributed by atoms with Gasteiger partial charge in [0.15, 0.2) is 0 Å². The molecule has 15 heavy (non-hydrogen) atoms. The maximum atomic E-state index is 11.9. The lowest BCUT2D eigenvalue weighted by atomic mass is 9.80. The standard InChI is InChI=1S/C12H22N2O/c1-14(8-9-4-2-3-5-9)12(15)10-6-11(13)7-10/h9-11H,2-8,13H2,1H3. The van der Waals surface area contributed by atoms with E-state index in [1.807, 2.05) is 11.9 Å². The van der Waals surface area contributed by atoms with Gasteiger partial charge in [0, 0.05) is 25.6 Å². The summed E-state index contributed by atoms with van der Waals surface area (Å²) in [5, 5.41) is 0. The van der Waals surface area contributed by atoms with Gasteiger partial charge < -0.3 is 10.6 Å². The number of nitrogens with two attached hydrogens (primary N) is 1. The summed E-state index contributed by atoms with van der Waals surface area (Å²) in [4.78, 5) is 13.9. The van der Waals surface area contributed by atoms with Crippen molar-refractivity contribution >= 4 is 5.91 Å². The number of carbonyl (C=O) groups excluding carboxylic acids is 1. The minimum absolute atomic E-state index is 0.228. The van der Waals surface area contributed by atoms with E-state index in [2.05, 4.69) is 0 Å². The van der Waals surface area contributed by atoms with Crippen LogP contribution in [0.1, 0.15) is 38.5 Å². The van der Waals surface area contributed by atoms with Crippen molar-refractivity contribution in [1.29, 1.82) is 0 Å². The molecular weight excluding hydrogens is 188 g/mol. The van der Waals surface area contributed by atoms with Crippen molar-refractivity contribution < 1.29 is 4.79 Å². The summed E-state index contributed by atoms with van der Waals surface area (Å²) < 4.78 is 0. The zero-order valence-electron chi connectivity index (χ0n) is 9.61. The summed E-state index contributed by atoms with van der Waals surface area (Å²) >= 11 is 0. The van der Waals surface area contributed by atoms with Crippen LogP contribution in [0, 0.1) is 11.8 Å². The van der Waals surface area contributed by atoms with E-state index >= 15 is 0 Å². The van der Waals surface area contributed by atoms with Crippen molar-refractivity contribution in [3.8, 4) is 0 Å². The summed E-state index contributed by atoms with van der Waals surface area (Å²) in [6.45, 7) is 0.963. The summed E-state index contributed by atoms with van der Waals surface area (Å²) in [5.74, 6) is 1.31. The Morgan fingerprint density at radius 3 is 2.47 bits per heavy atom. The first-order valence-electron chi connectivity index (χ1n) is 6.17. The highest BCUT2D eigenvalue weighted by atomic mass is 16.2. The number of nitrogens with zero attached hydrogens (tertiary/aromatic N) is 1. The number of hydrogen-bond donors (Lipinski definition) is 1. The summed E-state index contributed by atoms with van der Waals surface area (Å²) in [5.41, 5.74) is 5.70. The zero-order valence-corrected chi connectivity index (χ0v) is 9.61. The highest BCUT2D eigenvalue weighted by Crippen LogP contribution is 2.29. The SMILES string of the molecule is CN(CC1CCCC1)C(=O)C1CC(N)C1. The molecule has 0 atom stereocenters. The van der Waals surface area contributed by atoms with Gasteiger partial charge in [0.05, 0.1) is 0 Å². The molecule has 3 nitrogen and oxygen atoms in total. The van der Waals surface area contributed by atoms with Crippen LogP contribution in [-0.2, 0) is 4.79 Å². The maximum absolute atomic E-state index is 11.9. The average molecular weight is 210 g/mol. The second-order valence-electron chi connectivity index (χ2n) is 5.30. The van der Waals surface area contributed by atoms with Crippen molar-refractivity contribution in [2.24, 2.45) is 17.6 Å². The normalized spacial score (nSPS) is 31.3. The lowest BCUT2D eigenvalue weighted by Gasteiger charge is -2.35. The lowest BCUT2D eigenvalue weighted by Crippen LogP contribution is -2.46. The summed E-state index contributed by atoms with van der Waals surface area (Å²) in [6, 6.07) is 0.277. The molecule has 0 aromatic rings. The van der Waals surface area contributed by atoms with Gasteiger partial charge >= 0.3 is 0 Å². The number of hydrogen-bond acceptors (Lipinski definition) is 2. The molecule has 86 valence electrons. The molecule has 0 unspecified atom stereocenters. The molecule has 3 heteroatoms. The van der Waals surface area contributed by atoms with Crippen molar-refractivity contribution in [2.75, 3.05) is 13.6 Å². The van der Waals surface area contributed by atoms with Crippen molar-refractivity contribution in [1.82, 2.24) is 4.90 Å². The molecule has 0 heterocycles. The van der Waals surface area contributed by atoms with Crippen LogP contribution in [0.5, 0.6) is 0 Å². The van der Waals surface area contributed by atoms with Gasteiger partial charge in [-0.1, -0.05) is 12.8 Å². The van der Waals surface area contributed by atoms with Crippen molar-refractivity contribution in [3.05, 3.63) is 0 Å². The largest absolute Gasteiger partial charge is 0.345 e. The van der Waals surface area contributed by atoms with E-state index < -0.39 is 0 Å². The molecule has 0 aromatic heterocycles. The van der Waals surface area contributed by atoms with Crippen LogP contribution in [0.3, 0.4) is 0 Å². The molecule has 1 amide bonds. The van der Waals surface area contributed by atoms with Gasteiger partial charge in [-0.15, -0.1) is 0 Å². The summed E-state index contributed by atoms with van der Waals surface area (Å²) in [7, 11) is 1.95. The van der Waals surface area contributed by atoms with Gasteiger partial charge in [-0.3, -0.25) is 4.79 Å². The van der Waals surface area contributed by atoms with Crippen molar-refractivity contribution in [2.45, 2.75) is 44.6 Å². The Labute approximate surface area is 92.0 Å². The Balaban J connectivity index is 1.74. The van der Waals surface area contributed by atoms with Crippen LogP contribution < -0.4 is 5.73 Å². The maximum Gasteiger partial charge on any atom is 0.225 e. The molecular formula is C12H22N2O. The van der Waals surface area contributed by atoms with Crippen LogP contribution >= 0.6 is 0 Å². The van der Waals surface area contributed by atoms with Crippen LogP contribution in [0.15, 0.2) is 0 Å². The van der Waals surface area contributed by atoms with E-state index in [-0.39, 0.29) is 12.0 Å². The Kier molecular flexibility index (Phi) is 3.29. The van der Waals surface area contributed by atoms with E-state index in [1.54, 1.807) is 0 Å².